The Kier molecular flexibility index (Phi) is 7.63. The lowest BCUT2D eigenvalue weighted by atomic mass is 10.0. The first kappa shape index (κ1) is 24.2. The number of hydrogen-bond acceptors (Lipinski definition) is 6. The van der Waals surface area contributed by atoms with E-state index in [4.69, 9.17) is 9.47 Å². The molecule has 0 radical (unpaired) electrons. The molecule has 0 aliphatic carbocycles. The molecule has 1 aliphatic heterocycles. The lowest BCUT2D eigenvalue weighted by molar-refractivity contribution is -0.137. The van der Waals surface area contributed by atoms with Crippen LogP contribution in [0.25, 0.3) is 5.57 Å². The maximum Gasteiger partial charge on any atom is 0.278 e. The van der Waals surface area contributed by atoms with E-state index in [0.717, 1.165) is 24.5 Å². The van der Waals surface area contributed by atoms with Gasteiger partial charge in [0.05, 0.1) is 19.8 Å². The van der Waals surface area contributed by atoms with Gasteiger partial charge in [0.2, 0.25) is 0 Å². The van der Waals surface area contributed by atoms with E-state index in [0.29, 0.717) is 29.2 Å². The number of amides is 2. The van der Waals surface area contributed by atoms with E-state index in [1.165, 1.54) is 4.90 Å². The van der Waals surface area contributed by atoms with Crippen LogP contribution in [0.5, 0.6) is 11.5 Å². The Labute approximate surface area is 196 Å². The molecule has 0 fully saturated rings. The van der Waals surface area contributed by atoms with Gasteiger partial charge in [0.15, 0.2) is 11.5 Å². The molecule has 1 aliphatic rings. The number of carbonyl (C=O) groups is 2. The lowest BCUT2D eigenvalue weighted by Gasteiger charge is -2.21. The van der Waals surface area contributed by atoms with Gasteiger partial charge in [-0.05, 0) is 61.7 Å². The summed E-state index contributed by atoms with van der Waals surface area (Å²) in [5.41, 5.74) is 3.04. The van der Waals surface area contributed by atoms with Crippen molar-refractivity contribution in [3.63, 3.8) is 0 Å². The minimum Gasteiger partial charge on any atom is -0.493 e. The van der Waals surface area contributed by atoms with Gasteiger partial charge in [-0.1, -0.05) is 19.9 Å². The Balaban J connectivity index is 2.04. The molecule has 176 valence electrons. The molecule has 0 bridgehead atoms. The van der Waals surface area contributed by atoms with E-state index in [1.54, 1.807) is 32.4 Å². The van der Waals surface area contributed by atoms with Gasteiger partial charge in [-0.3, -0.25) is 14.5 Å². The number of methoxy groups -OCH3 is 2. The van der Waals surface area contributed by atoms with Crippen LogP contribution in [0.3, 0.4) is 0 Å². The Morgan fingerprint density at radius 3 is 2.09 bits per heavy atom. The van der Waals surface area contributed by atoms with Gasteiger partial charge in [0, 0.05) is 31.0 Å². The average Bonchev–Trinajstić information content (AvgIpc) is 3.04. The lowest BCUT2D eigenvalue weighted by Crippen LogP contribution is -2.35. The smallest absolute Gasteiger partial charge is 0.278 e. The summed E-state index contributed by atoms with van der Waals surface area (Å²) in [6, 6.07) is 13.1. The van der Waals surface area contributed by atoms with Crippen LogP contribution in [-0.2, 0) is 9.59 Å². The van der Waals surface area contributed by atoms with Crippen LogP contribution in [0.2, 0.25) is 0 Å². The highest BCUT2D eigenvalue weighted by atomic mass is 16.5. The monoisotopic (exact) mass is 451 g/mol. The largest absolute Gasteiger partial charge is 0.493 e. The number of benzene rings is 2. The van der Waals surface area contributed by atoms with Gasteiger partial charge < -0.3 is 19.7 Å². The molecule has 2 aromatic rings. The first-order valence-corrected chi connectivity index (χ1v) is 11.3. The van der Waals surface area contributed by atoms with Crippen molar-refractivity contribution in [3.05, 3.63) is 53.7 Å². The fraction of sp³-hybridized carbons (Fsp3) is 0.385. The van der Waals surface area contributed by atoms with E-state index >= 15 is 0 Å². The van der Waals surface area contributed by atoms with E-state index in [-0.39, 0.29) is 23.4 Å². The highest BCUT2D eigenvalue weighted by Crippen LogP contribution is 2.36. The van der Waals surface area contributed by atoms with Crippen LogP contribution in [0.15, 0.2) is 48.2 Å². The topological polar surface area (TPSA) is 71.1 Å². The van der Waals surface area contributed by atoms with E-state index in [1.807, 2.05) is 38.1 Å². The molecule has 0 saturated heterocycles. The summed E-state index contributed by atoms with van der Waals surface area (Å²) >= 11 is 0. The highest BCUT2D eigenvalue weighted by molar-refractivity contribution is 6.36. The van der Waals surface area contributed by atoms with Crippen molar-refractivity contribution in [2.45, 2.75) is 27.7 Å². The van der Waals surface area contributed by atoms with Crippen molar-refractivity contribution in [3.8, 4) is 11.5 Å². The van der Waals surface area contributed by atoms with Crippen molar-refractivity contribution in [1.82, 2.24) is 4.90 Å². The molecule has 2 amide bonds. The number of nitrogens with one attached hydrogen (secondary N) is 1. The minimum absolute atomic E-state index is 0.150. The molecular formula is C26H33N3O4. The first-order chi connectivity index (χ1) is 15.8. The normalized spacial score (nSPS) is 13.7. The second-order valence-corrected chi connectivity index (χ2v) is 8.28. The zero-order chi connectivity index (χ0) is 24.1. The third kappa shape index (κ3) is 4.97. The molecule has 3 rings (SSSR count). The van der Waals surface area contributed by atoms with E-state index in [2.05, 4.69) is 24.1 Å². The molecule has 0 atom stereocenters. The summed E-state index contributed by atoms with van der Waals surface area (Å²) in [5, 5.41) is 3.22. The van der Waals surface area contributed by atoms with Crippen LogP contribution in [0.1, 0.15) is 33.3 Å². The number of rotatable bonds is 10. The fourth-order valence-electron chi connectivity index (χ4n) is 3.97. The summed E-state index contributed by atoms with van der Waals surface area (Å²) in [6.07, 6.45) is 0. The third-order valence-corrected chi connectivity index (χ3v) is 5.65. The van der Waals surface area contributed by atoms with Crippen LogP contribution >= 0.6 is 0 Å². The maximum absolute atomic E-state index is 13.4. The number of ether oxygens (including phenoxy) is 2. The van der Waals surface area contributed by atoms with Gasteiger partial charge in [-0.25, -0.2) is 0 Å². The quantitative estimate of drug-likeness (QED) is 0.540. The zero-order valence-corrected chi connectivity index (χ0v) is 20.3. The molecular weight excluding hydrogens is 418 g/mol. The molecule has 0 saturated carbocycles. The Morgan fingerprint density at radius 1 is 0.909 bits per heavy atom. The molecule has 7 heteroatoms. The van der Waals surface area contributed by atoms with Crippen LogP contribution in [0.4, 0.5) is 11.4 Å². The van der Waals surface area contributed by atoms with Gasteiger partial charge in [-0.15, -0.1) is 0 Å². The molecule has 1 heterocycles. The molecule has 7 nitrogen and oxygen atoms in total. The van der Waals surface area contributed by atoms with Crippen LogP contribution in [0, 0.1) is 5.92 Å². The second-order valence-electron chi connectivity index (χ2n) is 8.28. The summed E-state index contributed by atoms with van der Waals surface area (Å²) in [7, 11) is 3.10. The number of hydrogen-bond donors (Lipinski definition) is 1. The third-order valence-electron chi connectivity index (χ3n) is 5.65. The number of anilines is 2. The molecule has 0 unspecified atom stereocenters. The average molecular weight is 452 g/mol. The fourth-order valence-corrected chi connectivity index (χ4v) is 3.97. The van der Waals surface area contributed by atoms with Crippen molar-refractivity contribution in [2.75, 3.05) is 44.1 Å². The van der Waals surface area contributed by atoms with E-state index < -0.39 is 0 Å². The van der Waals surface area contributed by atoms with Crippen molar-refractivity contribution < 1.29 is 19.1 Å². The molecule has 1 N–H and O–H groups in total. The van der Waals surface area contributed by atoms with Crippen molar-refractivity contribution in [1.29, 1.82) is 0 Å². The zero-order valence-electron chi connectivity index (χ0n) is 20.3. The van der Waals surface area contributed by atoms with E-state index in [9.17, 15) is 9.59 Å². The molecule has 0 aromatic heterocycles. The van der Waals surface area contributed by atoms with Gasteiger partial charge in [-0.2, -0.15) is 0 Å². The van der Waals surface area contributed by atoms with Gasteiger partial charge in [0.25, 0.3) is 11.8 Å². The summed E-state index contributed by atoms with van der Waals surface area (Å²) < 4.78 is 10.7. The minimum atomic E-state index is -0.327. The number of imide groups is 1. The van der Waals surface area contributed by atoms with Crippen molar-refractivity contribution >= 4 is 28.8 Å². The van der Waals surface area contributed by atoms with Crippen LogP contribution in [-0.4, -0.2) is 50.6 Å². The Hall–Kier alpha value is -3.48. The van der Waals surface area contributed by atoms with Crippen molar-refractivity contribution in [2.24, 2.45) is 5.92 Å². The van der Waals surface area contributed by atoms with Crippen LogP contribution < -0.4 is 19.7 Å². The number of nitrogens with zero attached hydrogens (tertiary/aromatic N) is 2. The highest BCUT2D eigenvalue weighted by Gasteiger charge is 2.39. The Morgan fingerprint density at radius 2 is 1.55 bits per heavy atom. The predicted octanol–water partition coefficient (Wildman–Crippen LogP) is 4.40. The van der Waals surface area contributed by atoms with Gasteiger partial charge >= 0.3 is 0 Å². The molecule has 0 spiro atoms. The summed E-state index contributed by atoms with van der Waals surface area (Å²) in [6.45, 7) is 10.4. The first-order valence-electron chi connectivity index (χ1n) is 11.3. The molecule has 2 aromatic carbocycles. The molecule has 33 heavy (non-hydrogen) atoms. The second kappa shape index (κ2) is 10.4. The Bertz CT molecular complexity index is 1040. The summed E-state index contributed by atoms with van der Waals surface area (Å²) in [5.74, 6) is 0.555. The summed E-state index contributed by atoms with van der Waals surface area (Å²) in [4.78, 5) is 30.2. The number of carbonyl (C=O) groups excluding carboxylic acids is 2. The predicted molar refractivity (Wildman–Crippen MR) is 132 cm³/mol. The standard InChI is InChI=1S/C26H33N3O4/c1-7-28(8-2)20-12-10-19(11-13-20)27-24-23(25(30)29(26(24)31)16-17(3)4)18-9-14-21(32-5)22(15-18)33-6/h9-15,17,27H,7-8,16H2,1-6H3. The van der Waals surface area contributed by atoms with Gasteiger partial charge in [0.1, 0.15) is 5.70 Å². The maximum atomic E-state index is 13.4. The SMILES string of the molecule is CCN(CC)c1ccc(NC2=C(c3ccc(OC)c(OC)c3)C(=O)N(CC(C)C)C2=O)cc1.